The van der Waals surface area contributed by atoms with Gasteiger partial charge in [0.25, 0.3) is 0 Å². The minimum atomic E-state index is 0.499. The van der Waals surface area contributed by atoms with E-state index in [0.29, 0.717) is 11.5 Å². The van der Waals surface area contributed by atoms with Crippen molar-refractivity contribution in [2.24, 2.45) is 11.1 Å². The zero-order chi connectivity index (χ0) is 6.32. The van der Waals surface area contributed by atoms with Crippen LogP contribution in [0, 0.1) is 5.41 Å². The van der Waals surface area contributed by atoms with Crippen LogP contribution in [0.3, 0.4) is 0 Å². The molecule has 3 N–H and O–H groups in total. The Morgan fingerprint density at radius 3 is 2.44 bits per heavy atom. The van der Waals surface area contributed by atoms with Crippen LogP contribution < -0.4 is 11.1 Å². The third kappa shape index (κ3) is 0.634. The molecule has 0 aromatic carbocycles. The number of hydrogen-bond donors (Lipinski definition) is 2. The summed E-state index contributed by atoms with van der Waals surface area (Å²) in [5, 5.41) is 3.29. The van der Waals surface area contributed by atoms with Gasteiger partial charge in [-0.25, -0.2) is 0 Å². The molecule has 0 aromatic heterocycles. The largest absolute Gasteiger partial charge is 0.327 e. The Morgan fingerprint density at radius 2 is 2.22 bits per heavy atom. The van der Waals surface area contributed by atoms with E-state index < -0.39 is 0 Å². The van der Waals surface area contributed by atoms with Gasteiger partial charge in [0, 0.05) is 24.5 Å². The van der Waals surface area contributed by atoms with Gasteiger partial charge in [-0.2, -0.15) is 0 Å². The maximum Gasteiger partial charge on any atom is 0.0120 e. The van der Waals surface area contributed by atoms with Gasteiger partial charge in [0.2, 0.25) is 0 Å². The van der Waals surface area contributed by atoms with Crippen molar-refractivity contribution in [3.63, 3.8) is 0 Å². The Bertz CT molecular complexity index is 118. The third-order valence-corrected chi connectivity index (χ3v) is 2.93. The van der Waals surface area contributed by atoms with E-state index >= 15 is 0 Å². The predicted molar refractivity (Wildman–Crippen MR) is 37.1 cm³/mol. The Kier molecular flexibility index (Phi) is 1.08. The number of nitrogens with two attached hydrogens (primary N) is 1. The van der Waals surface area contributed by atoms with Crippen molar-refractivity contribution in [1.82, 2.24) is 5.32 Å². The minimum absolute atomic E-state index is 0.499. The van der Waals surface area contributed by atoms with E-state index in [1.165, 1.54) is 32.4 Å². The smallest absolute Gasteiger partial charge is 0.0120 e. The van der Waals surface area contributed by atoms with Crippen LogP contribution in [0.5, 0.6) is 0 Å². The van der Waals surface area contributed by atoms with Gasteiger partial charge in [-0.15, -0.1) is 0 Å². The molecule has 52 valence electrons. The Balaban J connectivity index is 2.09. The lowest BCUT2D eigenvalue weighted by atomic mass is 9.77. The lowest BCUT2D eigenvalue weighted by Gasteiger charge is -2.42. The first-order valence-electron chi connectivity index (χ1n) is 3.80. The first kappa shape index (κ1) is 5.69. The average Bonchev–Trinajstić information content (AvgIpc) is 2.07. The van der Waals surface area contributed by atoms with Gasteiger partial charge >= 0.3 is 0 Å². The van der Waals surface area contributed by atoms with Crippen LogP contribution >= 0.6 is 0 Å². The number of rotatable bonds is 0. The molecule has 1 spiro atoms. The highest BCUT2D eigenvalue weighted by Gasteiger charge is 2.45. The molecule has 0 radical (unpaired) electrons. The zero-order valence-corrected chi connectivity index (χ0v) is 5.69. The SMILES string of the molecule is NC1CCCC12CNC2. The molecule has 1 unspecified atom stereocenters. The van der Waals surface area contributed by atoms with Crippen LogP contribution in [0.1, 0.15) is 19.3 Å². The summed E-state index contributed by atoms with van der Waals surface area (Å²) in [6, 6.07) is 0.499. The molecule has 2 nitrogen and oxygen atoms in total. The molecule has 0 amide bonds. The van der Waals surface area contributed by atoms with E-state index in [-0.39, 0.29) is 0 Å². The van der Waals surface area contributed by atoms with Crippen molar-refractivity contribution in [3.05, 3.63) is 0 Å². The summed E-state index contributed by atoms with van der Waals surface area (Å²) in [4.78, 5) is 0. The zero-order valence-electron chi connectivity index (χ0n) is 5.69. The summed E-state index contributed by atoms with van der Waals surface area (Å²) in [6.45, 7) is 2.35. The van der Waals surface area contributed by atoms with Crippen molar-refractivity contribution >= 4 is 0 Å². The second-order valence-corrected chi connectivity index (χ2v) is 3.46. The Hall–Kier alpha value is -0.0800. The van der Waals surface area contributed by atoms with Gasteiger partial charge in [0.05, 0.1) is 0 Å². The molecule has 2 rings (SSSR count). The van der Waals surface area contributed by atoms with Crippen LogP contribution in [0.4, 0.5) is 0 Å². The quantitative estimate of drug-likeness (QED) is 0.482. The third-order valence-electron chi connectivity index (χ3n) is 2.93. The van der Waals surface area contributed by atoms with Crippen LogP contribution in [0.25, 0.3) is 0 Å². The predicted octanol–water partition coefficient (Wildman–Crippen LogP) is 0.0872. The average molecular weight is 126 g/mol. The maximum atomic E-state index is 5.94. The number of nitrogens with one attached hydrogen (secondary N) is 1. The summed E-state index contributed by atoms with van der Waals surface area (Å²) in [5.41, 5.74) is 6.48. The molecule has 0 bridgehead atoms. The second kappa shape index (κ2) is 1.70. The molecule has 1 saturated carbocycles. The molecule has 1 aliphatic heterocycles. The molecule has 0 aromatic rings. The normalized spacial score (nSPS) is 39.0. The monoisotopic (exact) mass is 126 g/mol. The van der Waals surface area contributed by atoms with E-state index in [1.807, 2.05) is 0 Å². The van der Waals surface area contributed by atoms with Gasteiger partial charge in [0.15, 0.2) is 0 Å². The molecule has 1 aliphatic carbocycles. The highest BCUT2D eigenvalue weighted by Crippen LogP contribution is 2.39. The molecule has 1 saturated heterocycles. The fraction of sp³-hybridized carbons (Fsp3) is 1.00. The maximum absolute atomic E-state index is 5.94. The summed E-state index contributed by atoms with van der Waals surface area (Å²) in [7, 11) is 0. The standard InChI is InChI=1S/C7H14N2/c8-6-2-1-3-7(6)4-9-5-7/h6,9H,1-5,8H2. The van der Waals surface area contributed by atoms with Crippen LogP contribution in [0.2, 0.25) is 0 Å². The summed E-state index contributed by atoms with van der Waals surface area (Å²) >= 11 is 0. The van der Waals surface area contributed by atoms with E-state index in [2.05, 4.69) is 5.32 Å². The van der Waals surface area contributed by atoms with Crippen molar-refractivity contribution in [3.8, 4) is 0 Å². The van der Waals surface area contributed by atoms with Crippen LogP contribution in [-0.4, -0.2) is 19.1 Å². The van der Waals surface area contributed by atoms with Crippen molar-refractivity contribution in [1.29, 1.82) is 0 Å². The van der Waals surface area contributed by atoms with Crippen molar-refractivity contribution < 1.29 is 0 Å². The van der Waals surface area contributed by atoms with Crippen molar-refractivity contribution in [2.75, 3.05) is 13.1 Å². The van der Waals surface area contributed by atoms with Gasteiger partial charge in [0.1, 0.15) is 0 Å². The molecular formula is C7H14N2. The molecule has 9 heavy (non-hydrogen) atoms. The fourth-order valence-corrected chi connectivity index (χ4v) is 2.05. The Morgan fingerprint density at radius 1 is 1.44 bits per heavy atom. The molecule has 2 fully saturated rings. The number of hydrogen-bond acceptors (Lipinski definition) is 2. The highest BCUT2D eigenvalue weighted by atomic mass is 15.0. The first-order valence-corrected chi connectivity index (χ1v) is 3.80. The first-order chi connectivity index (χ1) is 4.33. The fourth-order valence-electron chi connectivity index (χ4n) is 2.05. The van der Waals surface area contributed by atoms with Gasteiger partial charge in [-0.05, 0) is 12.8 Å². The summed E-state index contributed by atoms with van der Waals surface area (Å²) in [6.07, 6.45) is 3.96. The summed E-state index contributed by atoms with van der Waals surface area (Å²) in [5.74, 6) is 0. The lowest BCUT2D eigenvalue weighted by Crippen LogP contribution is -2.59. The minimum Gasteiger partial charge on any atom is -0.327 e. The van der Waals surface area contributed by atoms with E-state index in [4.69, 9.17) is 5.73 Å². The van der Waals surface area contributed by atoms with Gasteiger partial charge in [-0.3, -0.25) is 0 Å². The van der Waals surface area contributed by atoms with Gasteiger partial charge in [-0.1, -0.05) is 6.42 Å². The second-order valence-electron chi connectivity index (χ2n) is 3.46. The highest BCUT2D eigenvalue weighted by molar-refractivity contribution is 5.03. The van der Waals surface area contributed by atoms with Crippen molar-refractivity contribution in [2.45, 2.75) is 25.3 Å². The van der Waals surface area contributed by atoms with E-state index in [1.54, 1.807) is 0 Å². The van der Waals surface area contributed by atoms with Gasteiger partial charge < -0.3 is 11.1 Å². The van der Waals surface area contributed by atoms with Crippen LogP contribution in [0.15, 0.2) is 0 Å². The molecule has 1 atom stereocenters. The van der Waals surface area contributed by atoms with Crippen LogP contribution in [-0.2, 0) is 0 Å². The molecule has 1 heterocycles. The van der Waals surface area contributed by atoms with E-state index in [0.717, 1.165) is 0 Å². The Labute approximate surface area is 55.8 Å². The summed E-state index contributed by atoms with van der Waals surface area (Å²) < 4.78 is 0. The molecule has 2 aliphatic rings. The topological polar surface area (TPSA) is 38.0 Å². The lowest BCUT2D eigenvalue weighted by molar-refractivity contribution is 0.153. The molecular weight excluding hydrogens is 112 g/mol. The molecule has 2 heteroatoms. The van der Waals surface area contributed by atoms with E-state index in [9.17, 15) is 0 Å².